The van der Waals surface area contributed by atoms with Gasteiger partial charge in [0.2, 0.25) is 0 Å². The van der Waals surface area contributed by atoms with Gasteiger partial charge < -0.3 is 9.47 Å². The molecule has 0 N–H and O–H groups in total. The first-order chi connectivity index (χ1) is 13.5. The van der Waals surface area contributed by atoms with E-state index in [4.69, 9.17) is 0 Å². The van der Waals surface area contributed by atoms with Gasteiger partial charge in [-0.25, -0.2) is 9.59 Å². The SMILES string of the molecule is O=C(C=Cc1ccccc1)OC(=O)CCC(=O)OC(=O)C=Cc1ccccc1. The van der Waals surface area contributed by atoms with Crippen LogP contribution in [-0.4, -0.2) is 23.9 Å². The predicted octanol–water partition coefficient (Wildman–Crippen LogP) is 3.33. The fourth-order valence-corrected chi connectivity index (χ4v) is 2.06. The van der Waals surface area contributed by atoms with Crippen LogP contribution in [0.3, 0.4) is 0 Å². The quantitative estimate of drug-likeness (QED) is 0.417. The van der Waals surface area contributed by atoms with Crippen molar-refractivity contribution >= 4 is 36.0 Å². The molecule has 142 valence electrons. The van der Waals surface area contributed by atoms with Crippen molar-refractivity contribution in [3.63, 3.8) is 0 Å². The minimum absolute atomic E-state index is 0.376. The van der Waals surface area contributed by atoms with Crippen molar-refractivity contribution < 1.29 is 28.7 Å². The van der Waals surface area contributed by atoms with Crippen LogP contribution in [0.5, 0.6) is 0 Å². The molecule has 0 heterocycles. The molecule has 0 bridgehead atoms. The van der Waals surface area contributed by atoms with E-state index in [-0.39, 0.29) is 12.8 Å². The van der Waals surface area contributed by atoms with Crippen molar-refractivity contribution in [1.82, 2.24) is 0 Å². The maximum absolute atomic E-state index is 11.6. The first kappa shape index (κ1) is 20.5. The summed E-state index contributed by atoms with van der Waals surface area (Å²) < 4.78 is 9.12. The van der Waals surface area contributed by atoms with Gasteiger partial charge in [0.25, 0.3) is 0 Å². The van der Waals surface area contributed by atoms with Crippen molar-refractivity contribution in [2.24, 2.45) is 0 Å². The van der Waals surface area contributed by atoms with Crippen LogP contribution in [-0.2, 0) is 28.7 Å². The van der Waals surface area contributed by atoms with E-state index in [0.717, 1.165) is 23.3 Å². The summed E-state index contributed by atoms with van der Waals surface area (Å²) in [7, 11) is 0. The average molecular weight is 378 g/mol. The summed E-state index contributed by atoms with van der Waals surface area (Å²) in [6, 6.07) is 18.0. The van der Waals surface area contributed by atoms with Crippen LogP contribution < -0.4 is 0 Å². The van der Waals surface area contributed by atoms with E-state index in [2.05, 4.69) is 9.47 Å². The molecule has 2 aromatic rings. The highest BCUT2D eigenvalue weighted by atomic mass is 16.6. The summed E-state index contributed by atoms with van der Waals surface area (Å²) in [6.45, 7) is 0. The molecular formula is C22H18O6. The fraction of sp³-hybridized carbons (Fsp3) is 0.0909. The Bertz CT molecular complexity index is 806. The van der Waals surface area contributed by atoms with Gasteiger partial charge in [-0.2, -0.15) is 0 Å². The highest BCUT2D eigenvalue weighted by Gasteiger charge is 2.13. The van der Waals surface area contributed by atoms with E-state index in [1.807, 2.05) is 12.1 Å². The lowest BCUT2D eigenvalue weighted by Gasteiger charge is -2.01. The molecule has 2 aromatic carbocycles. The molecule has 0 aliphatic heterocycles. The van der Waals surface area contributed by atoms with Crippen LogP contribution in [0.2, 0.25) is 0 Å². The van der Waals surface area contributed by atoms with Crippen LogP contribution >= 0.6 is 0 Å². The Labute approximate surface area is 162 Å². The molecule has 28 heavy (non-hydrogen) atoms. The molecule has 0 aromatic heterocycles. The van der Waals surface area contributed by atoms with E-state index in [1.54, 1.807) is 48.5 Å². The smallest absolute Gasteiger partial charge is 0.338 e. The number of esters is 4. The van der Waals surface area contributed by atoms with E-state index in [9.17, 15) is 19.2 Å². The topological polar surface area (TPSA) is 86.7 Å². The van der Waals surface area contributed by atoms with Gasteiger partial charge in [-0.05, 0) is 23.3 Å². The number of benzene rings is 2. The largest absolute Gasteiger partial charge is 0.390 e. The van der Waals surface area contributed by atoms with Crippen molar-refractivity contribution in [2.45, 2.75) is 12.8 Å². The standard InChI is InChI=1S/C22H18O6/c23-19(13-11-17-7-3-1-4-8-17)27-21(25)15-16-22(26)28-20(24)14-12-18-9-5-2-6-10-18/h1-14H,15-16H2. The molecule has 0 amide bonds. The molecule has 0 saturated heterocycles. The van der Waals surface area contributed by atoms with Gasteiger partial charge in [0.05, 0.1) is 12.8 Å². The number of carbonyl (C=O) groups is 4. The Kier molecular flexibility index (Phi) is 8.08. The Hall–Kier alpha value is -3.80. The Morgan fingerprint density at radius 3 is 1.32 bits per heavy atom. The number of ether oxygens (including phenoxy) is 2. The Balaban J connectivity index is 1.69. The second-order valence-electron chi connectivity index (χ2n) is 5.57. The zero-order valence-corrected chi connectivity index (χ0v) is 14.9. The molecule has 0 radical (unpaired) electrons. The summed E-state index contributed by atoms with van der Waals surface area (Å²) in [4.78, 5) is 46.3. The molecule has 0 aliphatic rings. The molecule has 0 fully saturated rings. The lowest BCUT2D eigenvalue weighted by molar-refractivity contribution is -0.161. The van der Waals surface area contributed by atoms with Crippen molar-refractivity contribution in [3.8, 4) is 0 Å². The first-order valence-electron chi connectivity index (χ1n) is 8.48. The number of rotatable bonds is 7. The molecular weight excluding hydrogens is 360 g/mol. The molecule has 0 atom stereocenters. The normalized spacial score (nSPS) is 10.7. The molecule has 0 unspecified atom stereocenters. The zero-order valence-electron chi connectivity index (χ0n) is 14.9. The Morgan fingerprint density at radius 2 is 0.964 bits per heavy atom. The number of hydrogen-bond donors (Lipinski definition) is 0. The highest BCUT2D eigenvalue weighted by Crippen LogP contribution is 2.04. The molecule has 6 nitrogen and oxygen atoms in total. The molecule has 2 rings (SSSR count). The van der Waals surface area contributed by atoms with Gasteiger partial charge >= 0.3 is 23.9 Å². The summed E-state index contributed by atoms with van der Waals surface area (Å²) in [5.74, 6) is -3.45. The van der Waals surface area contributed by atoms with Gasteiger partial charge in [-0.15, -0.1) is 0 Å². The third kappa shape index (κ3) is 8.05. The lowest BCUT2D eigenvalue weighted by atomic mass is 10.2. The summed E-state index contributed by atoms with van der Waals surface area (Å²) in [6.07, 6.45) is 4.48. The van der Waals surface area contributed by atoms with E-state index < -0.39 is 23.9 Å². The van der Waals surface area contributed by atoms with Crippen LogP contribution in [0.15, 0.2) is 72.8 Å². The first-order valence-corrected chi connectivity index (χ1v) is 8.48. The van der Waals surface area contributed by atoms with E-state index in [1.165, 1.54) is 12.2 Å². The third-order valence-corrected chi connectivity index (χ3v) is 3.38. The predicted molar refractivity (Wildman–Crippen MR) is 102 cm³/mol. The minimum Gasteiger partial charge on any atom is -0.390 e. The summed E-state index contributed by atoms with van der Waals surface area (Å²) in [5, 5.41) is 0. The van der Waals surface area contributed by atoms with Crippen molar-refractivity contribution in [1.29, 1.82) is 0 Å². The fourth-order valence-electron chi connectivity index (χ4n) is 2.06. The molecule has 0 saturated carbocycles. The van der Waals surface area contributed by atoms with Crippen molar-refractivity contribution in [3.05, 3.63) is 83.9 Å². The van der Waals surface area contributed by atoms with Crippen LogP contribution in [0.25, 0.3) is 12.2 Å². The van der Waals surface area contributed by atoms with Gasteiger partial charge in [-0.1, -0.05) is 60.7 Å². The molecule has 0 spiro atoms. The number of hydrogen-bond acceptors (Lipinski definition) is 6. The zero-order chi connectivity index (χ0) is 20.2. The minimum atomic E-state index is -0.882. The highest BCUT2D eigenvalue weighted by molar-refractivity contribution is 5.97. The molecule has 0 aliphatic carbocycles. The number of carbonyl (C=O) groups excluding carboxylic acids is 4. The van der Waals surface area contributed by atoms with Gasteiger partial charge in [-0.3, -0.25) is 9.59 Å². The Morgan fingerprint density at radius 1 is 0.607 bits per heavy atom. The van der Waals surface area contributed by atoms with E-state index in [0.29, 0.717) is 0 Å². The third-order valence-electron chi connectivity index (χ3n) is 3.38. The second-order valence-corrected chi connectivity index (χ2v) is 5.57. The maximum Gasteiger partial charge on any atom is 0.338 e. The van der Waals surface area contributed by atoms with E-state index >= 15 is 0 Å². The molecule has 6 heteroatoms. The average Bonchev–Trinajstić information content (AvgIpc) is 2.71. The lowest BCUT2D eigenvalue weighted by Crippen LogP contribution is -2.15. The summed E-state index contributed by atoms with van der Waals surface area (Å²) in [5.41, 5.74) is 1.55. The van der Waals surface area contributed by atoms with Crippen LogP contribution in [0.4, 0.5) is 0 Å². The monoisotopic (exact) mass is 378 g/mol. The second kappa shape index (κ2) is 11.0. The van der Waals surface area contributed by atoms with Gasteiger partial charge in [0.1, 0.15) is 0 Å². The van der Waals surface area contributed by atoms with Crippen LogP contribution in [0.1, 0.15) is 24.0 Å². The summed E-state index contributed by atoms with van der Waals surface area (Å²) >= 11 is 0. The maximum atomic E-state index is 11.6. The van der Waals surface area contributed by atoms with Gasteiger partial charge in [0, 0.05) is 12.2 Å². The van der Waals surface area contributed by atoms with Gasteiger partial charge in [0.15, 0.2) is 0 Å². The van der Waals surface area contributed by atoms with Crippen molar-refractivity contribution in [2.75, 3.05) is 0 Å². The van der Waals surface area contributed by atoms with Crippen LogP contribution in [0, 0.1) is 0 Å².